The van der Waals surface area contributed by atoms with E-state index in [1.54, 1.807) is 4.90 Å². The van der Waals surface area contributed by atoms with Gasteiger partial charge in [-0.1, -0.05) is 48.5 Å². The molecule has 2 amide bonds. The van der Waals surface area contributed by atoms with Crippen molar-refractivity contribution in [3.63, 3.8) is 0 Å². The highest BCUT2D eigenvalue weighted by atomic mass is 16.6. The fraction of sp³-hybridized carbons (Fsp3) is 0.318. The number of para-hydroxylation sites is 1. The van der Waals surface area contributed by atoms with E-state index in [-0.39, 0.29) is 31.6 Å². The van der Waals surface area contributed by atoms with E-state index in [2.05, 4.69) is 0 Å². The highest BCUT2D eigenvalue weighted by Crippen LogP contribution is 2.24. The van der Waals surface area contributed by atoms with Gasteiger partial charge in [-0.25, -0.2) is 4.79 Å². The van der Waals surface area contributed by atoms with E-state index in [1.165, 1.54) is 11.9 Å². The molecule has 1 aliphatic rings. The summed E-state index contributed by atoms with van der Waals surface area (Å²) < 4.78 is 10.4. The molecule has 1 fully saturated rings. The van der Waals surface area contributed by atoms with Crippen molar-refractivity contribution < 1.29 is 23.9 Å². The van der Waals surface area contributed by atoms with E-state index in [4.69, 9.17) is 9.47 Å². The van der Waals surface area contributed by atoms with Crippen molar-refractivity contribution in [1.82, 2.24) is 4.90 Å². The normalized spacial score (nSPS) is 15.8. The molecule has 0 bridgehead atoms. The van der Waals surface area contributed by atoms with Crippen LogP contribution in [0.1, 0.15) is 12.0 Å². The Bertz CT molecular complexity index is 841. The topological polar surface area (TPSA) is 76.2 Å². The van der Waals surface area contributed by atoms with Crippen LogP contribution in [0.5, 0.6) is 0 Å². The molecule has 0 aliphatic carbocycles. The lowest BCUT2D eigenvalue weighted by atomic mass is 10.1. The monoisotopic (exact) mass is 396 g/mol. The van der Waals surface area contributed by atoms with Crippen LogP contribution in [0.25, 0.3) is 0 Å². The quantitative estimate of drug-likeness (QED) is 0.673. The van der Waals surface area contributed by atoms with Crippen LogP contribution in [0, 0.1) is 5.92 Å². The minimum atomic E-state index is -0.600. The first-order chi connectivity index (χ1) is 14.0. The number of rotatable bonds is 7. The van der Waals surface area contributed by atoms with Crippen LogP contribution in [0.15, 0.2) is 60.7 Å². The average molecular weight is 396 g/mol. The summed E-state index contributed by atoms with van der Waals surface area (Å²) in [5.74, 6) is -0.587. The van der Waals surface area contributed by atoms with Gasteiger partial charge < -0.3 is 19.3 Å². The number of carbonyl (C=O) groups is 3. The lowest BCUT2D eigenvalue weighted by Gasteiger charge is -2.18. The molecular formula is C22H24N2O5. The largest absolute Gasteiger partial charge is 0.464 e. The van der Waals surface area contributed by atoms with Crippen LogP contribution in [-0.4, -0.2) is 49.6 Å². The Kier molecular flexibility index (Phi) is 6.84. The van der Waals surface area contributed by atoms with Crippen molar-refractivity contribution >= 4 is 23.7 Å². The van der Waals surface area contributed by atoms with Crippen molar-refractivity contribution in [3.8, 4) is 0 Å². The first-order valence-electron chi connectivity index (χ1n) is 9.46. The standard InChI is InChI=1S/C22H24N2O5/c1-23(22(27)29-15-17-8-4-2-5-9-17)14-21(26)28-16-18-12-20(25)24(13-18)19-10-6-3-7-11-19/h2-11,18H,12-16H2,1H3. The predicted octanol–water partition coefficient (Wildman–Crippen LogP) is 2.85. The van der Waals surface area contributed by atoms with E-state index in [9.17, 15) is 14.4 Å². The van der Waals surface area contributed by atoms with Gasteiger partial charge in [0.25, 0.3) is 0 Å². The second kappa shape index (κ2) is 9.73. The Morgan fingerprint density at radius 2 is 1.69 bits per heavy atom. The molecule has 2 aromatic rings. The second-order valence-electron chi connectivity index (χ2n) is 6.99. The molecule has 0 radical (unpaired) electrons. The number of anilines is 1. The number of likely N-dealkylation sites (N-methyl/N-ethyl adjacent to an activating group) is 1. The Balaban J connectivity index is 1.39. The maximum absolute atomic E-state index is 12.2. The maximum Gasteiger partial charge on any atom is 0.410 e. The average Bonchev–Trinajstić information content (AvgIpc) is 3.12. The number of amides is 2. The summed E-state index contributed by atoms with van der Waals surface area (Å²) >= 11 is 0. The van der Waals surface area contributed by atoms with Gasteiger partial charge in [-0.05, 0) is 17.7 Å². The number of carbonyl (C=O) groups excluding carboxylic acids is 3. The Morgan fingerprint density at radius 3 is 2.38 bits per heavy atom. The molecular weight excluding hydrogens is 372 g/mol. The zero-order valence-electron chi connectivity index (χ0n) is 16.3. The van der Waals surface area contributed by atoms with Crippen molar-refractivity contribution in [2.75, 3.05) is 31.6 Å². The molecule has 0 N–H and O–H groups in total. The highest BCUT2D eigenvalue weighted by Gasteiger charge is 2.31. The van der Waals surface area contributed by atoms with Crippen LogP contribution < -0.4 is 4.90 Å². The molecule has 0 spiro atoms. The van der Waals surface area contributed by atoms with Crippen LogP contribution in [-0.2, 0) is 25.7 Å². The van der Waals surface area contributed by atoms with Crippen molar-refractivity contribution in [3.05, 3.63) is 66.2 Å². The van der Waals surface area contributed by atoms with Gasteiger partial charge in [-0.15, -0.1) is 0 Å². The molecule has 1 aliphatic heterocycles. The Labute approximate surface area is 169 Å². The van der Waals surface area contributed by atoms with Gasteiger partial charge in [0, 0.05) is 31.6 Å². The maximum atomic E-state index is 12.2. The molecule has 0 aromatic heterocycles. The summed E-state index contributed by atoms with van der Waals surface area (Å²) in [6.45, 7) is 0.571. The lowest BCUT2D eigenvalue weighted by molar-refractivity contribution is -0.145. The van der Waals surface area contributed by atoms with E-state index >= 15 is 0 Å². The number of ether oxygens (including phenoxy) is 2. The fourth-order valence-electron chi connectivity index (χ4n) is 3.09. The molecule has 1 atom stereocenters. The van der Waals surface area contributed by atoms with Crippen LogP contribution in [0.4, 0.5) is 10.5 Å². The van der Waals surface area contributed by atoms with Crippen molar-refractivity contribution in [2.45, 2.75) is 13.0 Å². The van der Waals surface area contributed by atoms with E-state index in [1.807, 2.05) is 60.7 Å². The molecule has 7 heteroatoms. The summed E-state index contributed by atoms with van der Waals surface area (Å²) in [7, 11) is 1.48. The van der Waals surface area contributed by atoms with Gasteiger partial charge >= 0.3 is 12.1 Å². The van der Waals surface area contributed by atoms with Crippen LogP contribution in [0.2, 0.25) is 0 Å². The fourth-order valence-corrected chi connectivity index (χ4v) is 3.09. The zero-order valence-corrected chi connectivity index (χ0v) is 16.3. The van der Waals surface area contributed by atoms with Crippen LogP contribution >= 0.6 is 0 Å². The third kappa shape index (κ3) is 5.81. The molecule has 29 heavy (non-hydrogen) atoms. The molecule has 0 saturated carbocycles. The SMILES string of the molecule is CN(CC(=O)OCC1CC(=O)N(c2ccccc2)C1)C(=O)OCc1ccccc1. The van der Waals surface area contributed by atoms with Gasteiger partial charge in [0.05, 0.1) is 6.61 Å². The predicted molar refractivity (Wildman–Crippen MR) is 107 cm³/mol. The Morgan fingerprint density at radius 1 is 1.03 bits per heavy atom. The van der Waals surface area contributed by atoms with Gasteiger partial charge in [0.1, 0.15) is 13.2 Å². The summed E-state index contributed by atoms with van der Waals surface area (Å²) in [5, 5.41) is 0. The minimum absolute atomic E-state index is 0.0128. The minimum Gasteiger partial charge on any atom is -0.464 e. The summed E-state index contributed by atoms with van der Waals surface area (Å²) in [5.41, 5.74) is 1.71. The number of hydrogen-bond acceptors (Lipinski definition) is 5. The molecule has 152 valence electrons. The van der Waals surface area contributed by atoms with Gasteiger partial charge in [-0.3, -0.25) is 9.59 Å². The smallest absolute Gasteiger partial charge is 0.410 e. The first-order valence-corrected chi connectivity index (χ1v) is 9.46. The van der Waals surface area contributed by atoms with Crippen molar-refractivity contribution in [1.29, 1.82) is 0 Å². The molecule has 1 saturated heterocycles. The number of esters is 1. The van der Waals surface area contributed by atoms with Crippen molar-refractivity contribution in [2.24, 2.45) is 5.92 Å². The van der Waals surface area contributed by atoms with Gasteiger partial charge in [0.2, 0.25) is 5.91 Å². The van der Waals surface area contributed by atoms with E-state index in [0.29, 0.717) is 13.0 Å². The van der Waals surface area contributed by atoms with E-state index < -0.39 is 12.1 Å². The lowest BCUT2D eigenvalue weighted by Crippen LogP contribution is -2.34. The number of nitrogens with zero attached hydrogens (tertiary/aromatic N) is 2. The Hall–Kier alpha value is -3.35. The first kappa shape index (κ1) is 20.4. The summed E-state index contributed by atoms with van der Waals surface area (Å²) in [4.78, 5) is 39.1. The molecule has 3 rings (SSSR count). The summed E-state index contributed by atoms with van der Waals surface area (Å²) in [6, 6.07) is 18.7. The molecule has 1 heterocycles. The number of benzene rings is 2. The molecule has 7 nitrogen and oxygen atoms in total. The third-order valence-electron chi connectivity index (χ3n) is 4.64. The highest BCUT2D eigenvalue weighted by molar-refractivity contribution is 5.95. The third-order valence-corrected chi connectivity index (χ3v) is 4.64. The number of hydrogen-bond donors (Lipinski definition) is 0. The second-order valence-corrected chi connectivity index (χ2v) is 6.99. The molecule has 2 aromatic carbocycles. The van der Waals surface area contributed by atoms with Crippen LogP contribution in [0.3, 0.4) is 0 Å². The summed E-state index contributed by atoms with van der Waals surface area (Å²) in [6.07, 6.45) is -0.269. The van der Waals surface area contributed by atoms with E-state index in [0.717, 1.165) is 11.3 Å². The zero-order chi connectivity index (χ0) is 20.6. The van der Waals surface area contributed by atoms with Gasteiger partial charge in [-0.2, -0.15) is 0 Å². The molecule has 1 unspecified atom stereocenters. The van der Waals surface area contributed by atoms with Gasteiger partial charge in [0.15, 0.2) is 0 Å².